The van der Waals surface area contributed by atoms with Crippen LogP contribution in [0.3, 0.4) is 0 Å². The van der Waals surface area contributed by atoms with Gasteiger partial charge in [0.1, 0.15) is 11.5 Å². The zero-order chi connectivity index (χ0) is 21.8. The van der Waals surface area contributed by atoms with Gasteiger partial charge in [-0.2, -0.15) is 0 Å². The number of halogens is 1. The maximum absolute atomic E-state index is 6.00. The van der Waals surface area contributed by atoms with Gasteiger partial charge in [-0.05, 0) is 74.7 Å². The highest BCUT2D eigenvalue weighted by molar-refractivity contribution is 14.0. The van der Waals surface area contributed by atoms with Gasteiger partial charge in [0.15, 0.2) is 17.5 Å². The summed E-state index contributed by atoms with van der Waals surface area (Å²) in [7, 11) is 5.22. The Kier molecular flexibility index (Phi) is 8.70. The molecule has 0 aliphatic carbocycles. The molecule has 4 rings (SSSR count). The minimum absolute atomic E-state index is 0. The molecule has 1 fully saturated rings. The Morgan fingerprint density at radius 1 is 1.09 bits per heavy atom. The molecule has 2 aromatic rings. The summed E-state index contributed by atoms with van der Waals surface area (Å²) in [4.78, 5) is 9.41. The molecule has 3 heterocycles. The number of guanidine groups is 1. The van der Waals surface area contributed by atoms with Gasteiger partial charge in [-0.15, -0.1) is 24.0 Å². The summed E-state index contributed by atoms with van der Waals surface area (Å²) < 4.78 is 17.0. The highest BCUT2D eigenvalue weighted by Crippen LogP contribution is 2.33. The van der Waals surface area contributed by atoms with Crippen LogP contribution in [0.4, 0.5) is 0 Å². The van der Waals surface area contributed by atoms with Gasteiger partial charge in [-0.25, -0.2) is 0 Å². The van der Waals surface area contributed by atoms with Crippen LogP contribution < -0.4 is 14.8 Å². The summed E-state index contributed by atoms with van der Waals surface area (Å²) in [6.45, 7) is 6.72. The van der Waals surface area contributed by atoms with E-state index in [1.807, 2.05) is 14.0 Å². The molecule has 1 aromatic heterocycles. The molecule has 0 bridgehead atoms. The smallest absolute Gasteiger partial charge is 0.194 e. The minimum Gasteiger partial charge on any atom is -0.493 e. The van der Waals surface area contributed by atoms with E-state index >= 15 is 0 Å². The number of rotatable bonds is 6. The third kappa shape index (κ3) is 5.33. The van der Waals surface area contributed by atoms with Gasteiger partial charge >= 0.3 is 0 Å². The van der Waals surface area contributed by atoms with E-state index in [4.69, 9.17) is 13.9 Å². The molecule has 1 unspecified atom stereocenters. The summed E-state index contributed by atoms with van der Waals surface area (Å²) >= 11 is 0. The molecule has 0 spiro atoms. The number of nitrogens with zero attached hydrogens (tertiary/aromatic N) is 3. The standard InChI is InChI=1S/C24H34N4O3.HI/c1-17-7-8-21(31-17)20(27-10-5-6-11-27)15-26-24(25-2)28-12-9-18-13-22(29-3)23(30-4)14-19(18)16-28;/h7-8,13-14,20H,5-6,9-12,15-16H2,1-4H3,(H,25,26);1H. The number of benzene rings is 1. The van der Waals surface area contributed by atoms with Gasteiger partial charge < -0.3 is 24.1 Å². The van der Waals surface area contributed by atoms with E-state index in [9.17, 15) is 0 Å². The minimum atomic E-state index is 0. The normalized spacial score (nSPS) is 17.5. The van der Waals surface area contributed by atoms with Crippen molar-refractivity contribution in [3.63, 3.8) is 0 Å². The van der Waals surface area contributed by atoms with Gasteiger partial charge in [0.25, 0.3) is 0 Å². The Labute approximate surface area is 208 Å². The highest BCUT2D eigenvalue weighted by atomic mass is 127. The van der Waals surface area contributed by atoms with Crippen molar-refractivity contribution in [1.29, 1.82) is 0 Å². The Balaban J connectivity index is 0.00000289. The van der Waals surface area contributed by atoms with Crippen molar-refractivity contribution in [1.82, 2.24) is 15.1 Å². The van der Waals surface area contributed by atoms with Crippen LogP contribution in [0.5, 0.6) is 11.5 Å². The molecule has 0 radical (unpaired) electrons. The number of methoxy groups -OCH3 is 2. The fraction of sp³-hybridized carbons (Fsp3) is 0.542. The van der Waals surface area contributed by atoms with Crippen molar-refractivity contribution < 1.29 is 13.9 Å². The number of aliphatic imine (C=N–C) groups is 1. The number of aryl methyl sites for hydroxylation is 1. The molecule has 1 atom stereocenters. The lowest BCUT2D eigenvalue weighted by atomic mass is 9.99. The van der Waals surface area contributed by atoms with Crippen molar-refractivity contribution >= 4 is 29.9 Å². The van der Waals surface area contributed by atoms with Crippen molar-refractivity contribution in [2.24, 2.45) is 4.99 Å². The van der Waals surface area contributed by atoms with Crippen molar-refractivity contribution in [2.75, 3.05) is 47.4 Å². The van der Waals surface area contributed by atoms with Crippen LogP contribution in [0.25, 0.3) is 0 Å². The van der Waals surface area contributed by atoms with Crippen molar-refractivity contribution in [2.45, 2.75) is 38.8 Å². The van der Waals surface area contributed by atoms with Crippen LogP contribution in [0.1, 0.15) is 41.5 Å². The van der Waals surface area contributed by atoms with Gasteiger partial charge in [0.05, 0.1) is 20.3 Å². The molecule has 1 saturated heterocycles. The van der Waals surface area contributed by atoms with E-state index in [2.05, 4.69) is 44.4 Å². The summed E-state index contributed by atoms with van der Waals surface area (Å²) in [6, 6.07) is 8.57. The SMILES string of the molecule is CN=C(NCC(c1ccc(C)o1)N1CCCC1)N1CCc2cc(OC)c(OC)cc2C1.I. The third-order valence-electron chi connectivity index (χ3n) is 6.35. The Morgan fingerprint density at radius 2 is 1.78 bits per heavy atom. The van der Waals surface area contributed by atoms with Crippen LogP contribution in [-0.2, 0) is 13.0 Å². The predicted octanol–water partition coefficient (Wildman–Crippen LogP) is 3.99. The van der Waals surface area contributed by atoms with Gasteiger partial charge in [0, 0.05) is 26.7 Å². The number of fused-ring (bicyclic) bond motifs is 1. The summed E-state index contributed by atoms with van der Waals surface area (Å²) in [5.74, 6) is 4.48. The molecule has 0 saturated carbocycles. The first kappa shape index (κ1) is 24.7. The number of likely N-dealkylation sites (tertiary alicyclic amines) is 1. The van der Waals surface area contributed by atoms with Crippen LogP contribution in [0.15, 0.2) is 33.7 Å². The first-order valence-electron chi connectivity index (χ1n) is 11.1. The van der Waals surface area contributed by atoms with Crippen LogP contribution >= 0.6 is 24.0 Å². The lowest BCUT2D eigenvalue weighted by molar-refractivity contribution is 0.211. The average molecular weight is 554 g/mol. The molecule has 1 aromatic carbocycles. The molecule has 0 amide bonds. The number of nitrogens with one attached hydrogen (secondary N) is 1. The monoisotopic (exact) mass is 554 g/mol. The number of hydrogen-bond acceptors (Lipinski definition) is 5. The van der Waals surface area contributed by atoms with Gasteiger partial charge in [-0.1, -0.05) is 0 Å². The number of furan rings is 1. The fourth-order valence-corrected chi connectivity index (χ4v) is 4.68. The molecule has 32 heavy (non-hydrogen) atoms. The molecule has 7 nitrogen and oxygen atoms in total. The second-order valence-corrected chi connectivity index (χ2v) is 8.28. The van der Waals surface area contributed by atoms with Crippen LogP contribution in [0.2, 0.25) is 0 Å². The number of ether oxygens (including phenoxy) is 2. The van der Waals surface area contributed by atoms with E-state index in [-0.39, 0.29) is 30.0 Å². The predicted molar refractivity (Wildman–Crippen MR) is 137 cm³/mol. The molecule has 8 heteroatoms. The van der Waals surface area contributed by atoms with Crippen LogP contribution in [0, 0.1) is 6.92 Å². The van der Waals surface area contributed by atoms with E-state index in [1.54, 1.807) is 14.2 Å². The largest absolute Gasteiger partial charge is 0.493 e. The van der Waals surface area contributed by atoms with Crippen molar-refractivity contribution in [3.05, 3.63) is 46.9 Å². The van der Waals surface area contributed by atoms with E-state index in [0.717, 1.165) is 68.1 Å². The van der Waals surface area contributed by atoms with Gasteiger partial charge in [0.2, 0.25) is 0 Å². The van der Waals surface area contributed by atoms with E-state index < -0.39 is 0 Å². The Hall–Kier alpha value is -1.94. The molecular formula is C24H35IN4O3. The van der Waals surface area contributed by atoms with Crippen LogP contribution in [-0.4, -0.2) is 63.2 Å². The van der Waals surface area contributed by atoms with E-state index in [1.165, 1.54) is 24.0 Å². The molecule has 2 aliphatic rings. The maximum Gasteiger partial charge on any atom is 0.194 e. The molecular weight excluding hydrogens is 519 g/mol. The summed E-state index contributed by atoms with van der Waals surface area (Å²) in [6.07, 6.45) is 3.45. The molecule has 2 aliphatic heterocycles. The summed E-state index contributed by atoms with van der Waals surface area (Å²) in [5.41, 5.74) is 2.56. The lowest BCUT2D eigenvalue weighted by Crippen LogP contribution is -2.46. The third-order valence-corrected chi connectivity index (χ3v) is 6.35. The lowest BCUT2D eigenvalue weighted by Gasteiger charge is -2.33. The quantitative estimate of drug-likeness (QED) is 0.331. The first-order valence-corrected chi connectivity index (χ1v) is 11.1. The highest BCUT2D eigenvalue weighted by Gasteiger charge is 2.27. The zero-order valence-electron chi connectivity index (χ0n) is 19.5. The maximum atomic E-state index is 6.00. The molecule has 1 N–H and O–H groups in total. The number of hydrogen-bond donors (Lipinski definition) is 1. The zero-order valence-corrected chi connectivity index (χ0v) is 21.8. The Bertz CT molecular complexity index is 924. The van der Waals surface area contributed by atoms with Crippen molar-refractivity contribution in [3.8, 4) is 11.5 Å². The second kappa shape index (κ2) is 11.3. The average Bonchev–Trinajstić information content (AvgIpc) is 3.47. The summed E-state index contributed by atoms with van der Waals surface area (Å²) in [5, 5.41) is 3.62. The second-order valence-electron chi connectivity index (χ2n) is 8.28. The molecule has 176 valence electrons. The van der Waals surface area contributed by atoms with E-state index in [0.29, 0.717) is 0 Å². The topological polar surface area (TPSA) is 62.5 Å². The van der Waals surface area contributed by atoms with Gasteiger partial charge in [-0.3, -0.25) is 9.89 Å². The Morgan fingerprint density at radius 3 is 2.38 bits per heavy atom. The first-order chi connectivity index (χ1) is 15.1. The fourth-order valence-electron chi connectivity index (χ4n) is 4.68.